The van der Waals surface area contributed by atoms with Gasteiger partial charge in [-0.25, -0.2) is 4.79 Å². The molecule has 0 bridgehead atoms. The van der Waals surface area contributed by atoms with Crippen molar-refractivity contribution in [2.75, 3.05) is 18.5 Å². The summed E-state index contributed by atoms with van der Waals surface area (Å²) in [5.74, 6) is -0.267. The number of anilines is 1. The van der Waals surface area contributed by atoms with Gasteiger partial charge in [0.25, 0.3) is 5.91 Å². The molecule has 1 saturated heterocycles. The molecular formula is C23H27NO5. The molecule has 29 heavy (non-hydrogen) atoms. The second kappa shape index (κ2) is 10.1. The topological polar surface area (TPSA) is 73.9 Å². The van der Waals surface area contributed by atoms with Crippen LogP contribution >= 0.6 is 0 Å². The van der Waals surface area contributed by atoms with E-state index in [-0.39, 0.29) is 12.0 Å². The minimum absolute atomic E-state index is 0.136. The highest BCUT2D eigenvalue weighted by Gasteiger charge is 2.20. The van der Waals surface area contributed by atoms with Crippen LogP contribution in [0, 0.1) is 0 Å². The lowest BCUT2D eigenvalue weighted by Crippen LogP contribution is -2.30. The highest BCUT2D eigenvalue weighted by molar-refractivity contribution is 5.97. The van der Waals surface area contributed by atoms with E-state index in [0.717, 1.165) is 25.9 Å². The minimum atomic E-state index is -0.913. The maximum atomic E-state index is 12.3. The summed E-state index contributed by atoms with van der Waals surface area (Å²) < 4.78 is 16.5. The fourth-order valence-electron chi connectivity index (χ4n) is 3.00. The van der Waals surface area contributed by atoms with Crippen molar-refractivity contribution in [3.05, 3.63) is 59.7 Å². The smallest absolute Gasteiger partial charge is 0.338 e. The SMILES string of the molecule is CCc1ccc(NC(=O)[C@@H](C)OC(=O)c2ccc(OC[C@H]3CCCO3)cc2)cc1. The molecule has 0 saturated carbocycles. The van der Waals surface area contributed by atoms with Crippen LogP contribution in [0.3, 0.4) is 0 Å². The molecule has 2 aromatic carbocycles. The molecule has 1 fully saturated rings. The van der Waals surface area contributed by atoms with Crippen LogP contribution in [0.2, 0.25) is 0 Å². The van der Waals surface area contributed by atoms with Crippen LogP contribution in [-0.4, -0.2) is 37.3 Å². The zero-order valence-corrected chi connectivity index (χ0v) is 16.9. The maximum absolute atomic E-state index is 12.3. The van der Waals surface area contributed by atoms with Crippen molar-refractivity contribution in [2.45, 2.75) is 45.3 Å². The van der Waals surface area contributed by atoms with Gasteiger partial charge >= 0.3 is 5.97 Å². The predicted molar refractivity (Wildman–Crippen MR) is 110 cm³/mol. The van der Waals surface area contributed by atoms with Gasteiger partial charge in [0.1, 0.15) is 12.4 Å². The number of esters is 1. The average molecular weight is 397 g/mol. The molecule has 2 aromatic rings. The quantitative estimate of drug-likeness (QED) is 0.682. The molecule has 1 aliphatic heterocycles. The highest BCUT2D eigenvalue weighted by atomic mass is 16.5. The lowest BCUT2D eigenvalue weighted by atomic mass is 10.1. The van der Waals surface area contributed by atoms with Gasteiger partial charge in [-0.15, -0.1) is 0 Å². The van der Waals surface area contributed by atoms with Crippen LogP contribution in [0.15, 0.2) is 48.5 Å². The first-order valence-corrected chi connectivity index (χ1v) is 10.0. The van der Waals surface area contributed by atoms with E-state index in [9.17, 15) is 9.59 Å². The molecule has 2 atom stereocenters. The van der Waals surface area contributed by atoms with Crippen LogP contribution in [0.5, 0.6) is 5.75 Å². The summed E-state index contributed by atoms with van der Waals surface area (Å²) in [4.78, 5) is 24.6. The van der Waals surface area contributed by atoms with E-state index in [1.165, 1.54) is 5.56 Å². The van der Waals surface area contributed by atoms with Crippen molar-refractivity contribution in [1.29, 1.82) is 0 Å². The first-order chi connectivity index (χ1) is 14.0. The van der Waals surface area contributed by atoms with Gasteiger partial charge in [-0.05, 0) is 68.1 Å². The molecule has 0 radical (unpaired) electrons. The summed E-state index contributed by atoms with van der Waals surface area (Å²) in [7, 11) is 0. The van der Waals surface area contributed by atoms with Gasteiger partial charge in [0.2, 0.25) is 0 Å². The third-order valence-corrected chi connectivity index (χ3v) is 4.83. The van der Waals surface area contributed by atoms with E-state index in [1.54, 1.807) is 31.2 Å². The van der Waals surface area contributed by atoms with Gasteiger partial charge in [-0.1, -0.05) is 19.1 Å². The summed E-state index contributed by atoms with van der Waals surface area (Å²) in [5, 5.41) is 2.75. The van der Waals surface area contributed by atoms with Crippen molar-refractivity contribution in [3.63, 3.8) is 0 Å². The van der Waals surface area contributed by atoms with Gasteiger partial charge in [0.15, 0.2) is 6.10 Å². The lowest BCUT2D eigenvalue weighted by molar-refractivity contribution is -0.123. The van der Waals surface area contributed by atoms with Crippen LogP contribution in [-0.2, 0) is 20.7 Å². The van der Waals surface area contributed by atoms with E-state index in [2.05, 4.69) is 12.2 Å². The Kier molecular flexibility index (Phi) is 7.25. The molecule has 0 spiro atoms. The third-order valence-electron chi connectivity index (χ3n) is 4.83. The molecule has 0 aromatic heterocycles. The number of rotatable bonds is 8. The first-order valence-electron chi connectivity index (χ1n) is 10.0. The zero-order valence-electron chi connectivity index (χ0n) is 16.9. The van der Waals surface area contributed by atoms with Gasteiger partial charge < -0.3 is 19.5 Å². The molecule has 3 rings (SSSR count). The number of benzene rings is 2. The third kappa shape index (κ3) is 6.06. The molecule has 154 valence electrons. The largest absolute Gasteiger partial charge is 0.491 e. The standard InChI is InChI=1S/C23H27NO5/c1-3-17-6-10-19(11-7-17)24-22(25)16(2)29-23(26)18-8-12-20(13-9-18)28-15-21-5-4-14-27-21/h6-13,16,21H,3-5,14-15H2,1-2H3,(H,24,25)/t16-,21-/m1/s1. The van der Waals surface area contributed by atoms with E-state index < -0.39 is 12.1 Å². The van der Waals surface area contributed by atoms with Gasteiger partial charge in [-0.3, -0.25) is 4.79 Å². The molecule has 1 N–H and O–H groups in total. The molecule has 1 aliphatic rings. The lowest BCUT2D eigenvalue weighted by Gasteiger charge is -2.14. The fourth-order valence-corrected chi connectivity index (χ4v) is 3.00. The summed E-state index contributed by atoms with van der Waals surface area (Å²) in [5.41, 5.74) is 2.22. The van der Waals surface area contributed by atoms with Crippen molar-refractivity contribution in [3.8, 4) is 5.75 Å². The van der Waals surface area contributed by atoms with Gasteiger partial charge in [0, 0.05) is 12.3 Å². The van der Waals surface area contributed by atoms with Crippen molar-refractivity contribution < 1.29 is 23.8 Å². The Morgan fingerprint density at radius 1 is 1.14 bits per heavy atom. The van der Waals surface area contributed by atoms with Gasteiger partial charge in [0.05, 0.1) is 11.7 Å². The second-order valence-corrected chi connectivity index (χ2v) is 7.06. The monoisotopic (exact) mass is 397 g/mol. The normalized spacial score (nSPS) is 16.8. The van der Waals surface area contributed by atoms with Crippen molar-refractivity contribution >= 4 is 17.6 Å². The fraction of sp³-hybridized carbons (Fsp3) is 0.391. The predicted octanol–water partition coefficient (Wildman–Crippen LogP) is 3.99. The Bertz CT molecular complexity index is 810. The molecular weight excluding hydrogens is 370 g/mol. The molecule has 0 aliphatic carbocycles. The number of hydrogen-bond acceptors (Lipinski definition) is 5. The van der Waals surface area contributed by atoms with Gasteiger partial charge in [-0.2, -0.15) is 0 Å². The Balaban J connectivity index is 1.48. The number of ether oxygens (including phenoxy) is 3. The summed E-state index contributed by atoms with van der Waals surface area (Å²) in [6.45, 7) is 4.90. The van der Waals surface area contributed by atoms with E-state index >= 15 is 0 Å². The molecule has 1 amide bonds. The van der Waals surface area contributed by atoms with Crippen molar-refractivity contribution in [1.82, 2.24) is 0 Å². The summed E-state index contributed by atoms with van der Waals surface area (Å²) in [6.07, 6.45) is 2.23. The average Bonchev–Trinajstić information content (AvgIpc) is 3.26. The maximum Gasteiger partial charge on any atom is 0.338 e. The number of carbonyl (C=O) groups is 2. The summed E-state index contributed by atoms with van der Waals surface area (Å²) >= 11 is 0. The summed E-state index contributed by atoms with van der Waals surface area (Å²) in [6, 6.07) is 14.3. The number of nitrogens with one attached hydrogen (secondary N) is 1. The number of hydrogen-bond donors (Lipinski definition) is 1. The molecule has 6 heteroatoms. The Morgan fingerprint density at radius 2 is 1.86 bits per heavy atom. The second-order valence-electron chi connectivity index (χ2n) is 7.06. The number of aryl methyl sites for hydroxylation is 1. The highest BCUT2D eigenvalue weighted by Crippen LogP contribution is 2.17. The minimum Gasteiger partial charge on any atom is -0.491 e. The number of amides is 1. The van der Waals surface area contributed by atoms with Crippen LogP contribution < -0.4 is 10.1 Å². The van der Waals surface area contributed by atoms with Crippen molar-refractivity contribution in [2.24, 2.45) is 0 Å². The molecule has 0 unspecified atom stereocenters. The molecule has 1 heterocycles. The Labute approximate surface area is 171 Å². The van der Waals surface area contributed by atoms with Crippen LogP contribution in [0.4, 0.5) is 5.69 Å². The Hall–Kier alpha value is -2.86. The van der Waals surface area contributed by atoms with E-state index in [1.807, 2.05) is 24.3 Å². The van der Waals surface area contributed by atoms with Crippen LogP contribution in [0.25, 0.3) is 0 Å². The zero-order chi connectivity index (χ0) is 20.6. The van der Waals surface area contributed by atoms with E-state index in [4.69, 9.17) is 14.2 Å². The number of carbonyl (C=O) groups excluding carboxylic acids is 2. The molecule has 6 nitrogen and oxygen atoms in total. The van der Waals surface area contributed by atoms with Crippen LogP contribution in [0.1, 0.15) is 42.6 Å². The first kappa shape index (κ1) is 20.9. The Morgan fingerprint density at radius 3 is 2.48 bits per heavy atom. The van der Waals surface area contributed by atoms with E-state index in [0.29, 0.717) is 23.6 Å².